The number of nitrogens with one attached hydrogen (secondary N) is 2. The van der Waals surface area contributed by atoms with Gasteiger partial charge in [0, 0.05) is 37.4 Å². The molecule has 0 spiro atoms. The molecule has 0 radical (unpaired) electrons. The Labute approximate surface area is 180 Å². The van der Waals surface area contributed by atoms with Crippen molar-refractivity contribution in [2.24, 2.45) is 0 Å². The van der Waals surface area contributed by atoms with E-state index in [0.717, 1.165) is 26.2 Å². The summed E-state index contributed by atoms with van der Waals surface area (Å²) >= 11 is 0. The Balaban J connectivity index is 1.38. The molecule has 0 bridgehead atoms. The topological polar surface area (TPSA) is 109 Å². The number of aromatic nitrogens is 2. The van der Waals surface area contributed by atoms with Crippen LogP contribution in [0.2, 0.25) is 0 Å². The van der Waals surface area contributed by atoms with Crippen molar-refractivity contribution < 1.29 is 9.53 Å². The van der Waals surface area contributed by atoms with Gasteiger partial charge in [0.1, 0.15) is 17.8 Å². The van der Waals surface area contributed by atoms with Crippen LogP contribution in [0.15, 0.2) is 60.9 Å². The third-order valence-electron chi connectivity index (χ3n) is 5.21. The monoisotopic (exact) mass is 419 g/mol. The van der Waals surface area contributed by atoms with E-state index in [0.29, 0.717) is 28.6 Å². The maximum absolute atomic E-state index is 12.4. The summed E-state index contributed by atoms with van der Waals surface area (Å²) in [4.78, 5) is 25.4. The number of nitrogens with zero attached hydrogens (tertiary/aromatic N) is 4. The number of carbonyl (C=O) groups excluding carboxylic acids is 1. The molecule has 1 saturated heterocycles. The molecular formula is C22H25N7O2. The van der Waals surface area contributed by atoms with Gasteiger partial charge in [-0.1, -0.05) is 18.2 Å². The number of hydrazine groups is 1. The van der Waals surface area contributed by atoms with E-state index in [2.05, 4.69) is 42.8 Å². The van der Waals surface area contributed by atoms with Crippen LogP contribution in [0.25, 0.3) is 0 Å². The summed E-state index contributed by atoms with van der Waals surface area (Å²) in [5.41, 5.74) is 13.8. The van der Waals surface area contributed by atoms with Crippen LogP contribution in [-0.2, 0) is 0 Å². The standard InChI is InChI=1S/C22H25N7O2/c1-31-18-9-7-16(8-10-18)22(30)27-26-20-19(23)21(25-15-24-20)29-13-11-28(12-14-29)17-5-3-2-4-6-17/h2-10,15H,11-14,23H2,1H3,(H,27,30)(H,24,25,26). The first-order valence-corrected chi connectivity index (χ1v) is 10.0. The maximum atomic E-state index is 12.4. The highest BCUT2D eigenvalue weighted by Crippen LogP contribution is 2.27. The van der Waals surface area contributed by atoms with Crippen LogP contribution in [0, 0.1) is 0 Å². The van der Waals surface area contributed by atoms with Crippen molar-refractivity contribution in [3.63, 3.8) is 0 Å². The molecule has 3 aromatic rings. The number of piperazine rings is 1. The van der Waals surface area contributed by atoms with E-state index in [4.69, 9.17) is 10.5 Å². The maximum Gasteiger partial charge on any atom is 0.269 e. The summed E-state index contributed by atoms with van der Waals surface area (Å²) in [6.07, 6.45) is 1.44. The third kappa shape index (κ3) is 4.61. The molecule has 4 N–H and O–H groups in total. The van der Waals surface area contributed by atoms with E-state index in [1.807, 2.05) is 18.2 Å². The number of nitrogens with two attached hydrogens (primary N) is 1. The summed E-state index contributed by atoms with van der Waals surface area (Å²) in [5, 5.41) is 0. The number of nitrogen functional groups attached to an aromatic ring is 1. The fourth-order valence-corrected chi connectivity index (χ4v) is 3.48. The van der Waals surface area contributed by atoms with E-state index in [-0.39, 0.29) is 5.91 Å². The summed E-state index contributed by atoms with van der Waals surface area (Å²) in [5.74, 6) is 1.39. The quantitative estimate of drug-likeness (QED) is 0.522. The second-order valence-corrected chi connectivity index (χ2v) is 7.08. The molecule has 0 saturated carbocycles. The minimum atomic E-state index is -0.307. The Morgan fingerprint density at radius 3 is 2.32 bits per heavy atom. The zero-order valence-electron chi connectivity index (χ0n) is 17.3. The van der Waals surface area contributed by atoms with Gasteiger partial charge in [0.05, 0.1) is 7.11 Å². The second-order valence-electron chi connectivity index (χ2n) is 7.08. The van der Waals surface area contributed by atoms with Crippen molar-refractivity contribution in [2.75, 3.05) is 54.2 Å². The minimum absolute atomic E-state index is 0.307. The largest absolute Gasteiger partial charge is 0.497 e. The number of carbonyl (C=O) groups is 1. The number of rotatable bonds is 6. The number of benzene rings is 2. The highest BCUT2D eigenvalue weighted by Gasteiger charge is 2.21. The predicted octanol–water partition coefficient (Wildman–Crippen LogP) is 2.15. The molecule has 0 aliphatic carbocycles. The molecule has 1 fully saturated rings. The van der Waals surface area contributed by atoms with Gasteiger partial charge in [0.2, 0.25) is 0 Å². The lowest BCUT2D eigenvalue weighted by molar-refractivity contribution is 0.0962. The Morgan fingerprint density at radius 1 is 0.968 bits per heavy atom. The summed E-state index contributed by atoms with van der Waals surface area (Å²) < 4.78 is 5.11. The summed E-state index contributed by atoms with van der Waals surface area (Å²) in [6, 6.07) is 17.1. The first kappa shape index (κ1) is 20.3. The van der Waals surface area contributed by atoms with E-state index < -0.39 is 0 Å². The smallest absolute Gasteiger partial charge is 0.269 e. The van der Waals surface area contributed by atoms with Crippen LogP contribution < -0.4 is 31.1 Å². The Bertz CT molecular complexity index is 1020. The van der Waals surface area contributed by atoms with Crippen molar-refractivity contribution in [3.8, 4) is 5.75 Å². The van der Waals surface area contributed by atoms with Crippen LogP contribution in [-0.4, -0.2) is 49.2 Å². The van der Waals surface area contributed by atoms with E-state index in [9.17, 15) is 4.79 Å². The van der Waals surface area contributed by atoms with Crippen molar-refractivity contribution in [1.82, 2.24) is 15.4 Å². The van der Waals surface area contributed by atoms with Crippen molar-refractivity contribution >= 4 is 28.9 Å². The van der Waals surface area contributed by atoms with Gasteiger partial charge < -0.3 is 20.3 Å². The fourth-order valence-electron chi connectivity index (χ4n) is 3.48. The van der Waals surface area contributed by atoms with Gasteiger partial charge in [0.15, 0.2) is 11.6 Å². The average molecular weight is 419 g/mol. The second kappa shape index (κ2) is 9.21. The fraction of sp³-hybridized carbons (Fsp3) is 0.227. The molecule has 0 atom stereocenters. The molecule has 2 aromatic carbocycles. The molecule has 160 valence electrons. The normalized spacial score (nSPS) is 13.6. The molecule has 9 nitrogen and oxygen atoms in total. The number of amides is 1. The van der Waals surface area contributed by atoms with Gasteiger partial charge in [-0.15, -0.1) is 0 Å². The van der Waals surface area contributed by atoms with Crippen molar-refractivity contribution in [3.05, 3.63) is 66.5 Å². The summed E-state index contributed by atoms with van der Waals surface area (Å²) in [6.45, 7) is 3.30. The molecule has 1 aliphatic rings. The van der Waals surface area contributed by atoms with Gasteiger partial charge in [-0.2, -0.15) is 0 Å². The van der Waals surface area contributed by atoms with Crippen molar-refractivity contribution in [2.45, 2.75) is 0 Å². The molecule has 1 amide bonds. The minimum Gasteiger partial charge on any atom is -0.497 e. The van der Waals surface area contributed by atoms with Gasteiger partial charge in [0.25, 0.3) is 5.91 Å². The highest BCUT2D eigenvalue weighted by atomic mass is 16.5. The van der Waals surface area contributed by atoms with E-state index in [1.54, 1.807) is 31.4 Å². The van der Waals surface area contributed by atoms with Gasteiger partial charge in [-0.3, -0.25) is 15.6 Å². The lowest BCUT2D eigenvalue weighted by Crippen LogP contribution is -2.47. The number of hydrogen-bond donors (Lipinski definition) is 3. The Morgan fingerprint density at radius 2 is 1.65 bits per heavy atom. The van der Waals surface area contributed by atoms with Gasteiger partial charge in [-0.25, -0.2) is 9.97 Å². The zero-order chi connectivity index (χ0) is 21.6. The lowest BCUT2D eigenvalue weighted by Gasteiger charge is -2.37. The third-order valence-corrected chi connectivity index (χ3v) is 5.21. The Hall–Kier alpha value is -4.01. The zero-order valence-corrected chi connectivity index (χ0v) is 17.3. The van der Waals surface area contributed by atoms with Crippen LogP contribution >= 0.6 is 0 Å². The number of para-hydroxylation sites is 1. The van der Waals surface area contributed by atoms with Gasteiger partial charge >= 0.3 is 0 Å². The van der Waals surface area contributed by atoms with Crippen molar-refractivity contribution in [1.29, 1.82) is 0 Å². The lowest BCUT2D eigenvalue weighted by atomic mass is 10.2. The van der Waals surface area contributed by atoms with Crippen LogP contribution in [0.4, 0.5) is 23.0 Å². The number of ether oxygens (including phenoxy) is 1. The molecule has 1 aliphatic heterocycles. The molecule has 0 unspecified atom stereocenters. The predicted molar refractivity (Wildman–Crippen MR) is 121 cm³/mol. The SMILES string of the molecule is COc1ccc(C(=O)NNc2ncnc(N3CCN(c4ccccc4)CC3)c2N)cc1. The molecular weight excluding hydrogens is 394 g/mol. The van der Waals surface area contributed by atoms with Crippen LogP contribution in [0.5, 0.6) is 5.75 Å². The molecule has 4 rings (SSSR count). The number of methoxy groups -OCH3 is 1. The first-order chi connectivity index (χ1) is 15.2. The van der Waals surface area contributed by atoms with Gasteiger partial charge in [-0.05, 0) is 36.4 Å². The highest BCUT2D eigenvalue weighted by molar-refractivity contribution is 5.95. The number of hydrogen-bond acceptors (Lipinski definition) is 8. The van der Waals surface area contributed by atoms with Crippen LogP contribution in [0.3, 0.4) is 0 Å². The van der Waals surface area contributed by atoms with E-state index >= 15 is 0 Å². The molecule has 31 heavy (non-hydrogen) atoms. The Kier molecular flexibility index (Phi) is 6.02. The molecule has 2 heterocycles. The average Bonchev–Trinajstić information content (AvgIpc) is 2.84. The molecule has 1 aromatic heterocycles. The first-order valence-electron chi connectivity index (χ1n) is 10.0. The molecule has 9 heteroatoms. The number of anilines is 4. The van der Waals surface area contributed by atoms with E-state index in [1.165, 1.54) is 12.0 Å². The summed E-state index contributed by atoms with van der Waals surface area (Å²) in [7, 11) is 1.58. The van der Waals surface area contributed by atoms with Crippen LogP contribution in [0.1, 0.15) is 10.4 Å².